The first-order chi connectivity index (χ1) is 17.0. The predicted molar refractivity (Wildman–Crippen MR) is 131 cm³/mol. The molecule has 1 aliphatic carbocycles. The van der Waals surface area contributed by atoms with Gasteiger partial charge >= 0.3 is 0 Å². The van der Waals surface area contributed by atoms with Gasteiger partial charge in [0.2, 0.25) is 11.8 Å². The van der Waals surface area contributed by atoms with Crippen LogP contribution in [0.5, 0.6) is 17.2 Å². The Hall–Kier alpha value is -4.31. The number of hydrogen-bond donors (Lipinski definition) is 1. The van der Waals surface area contributed by atoms with Gasteiger partial charge in [0.05, 0.1) is 23.8 Å². The smallest absolute Gasteiger partial charge is 0.228 e. The largest absolute Gasteiger partial charge is 0.493 e. The number of ether oxygens (including phenoxy) is 2. The maximum Gasteiger partial charge on any atom is 0.228 e. The summed E-state index contributed by atoms with van der Waals surface area (Å²) in [7, 11) is 0. The van der Waals surface area contributed by atoms with Gasteiger partial charge in [0.25, 0.3) is 0 Å². The molecule has 1 aromatic heterocycles. The van der Waals surface area contributed by atoms with Crippen LogP contribution in [-0.2, 0) is 4.79 Å². The first-order valence-electron chi connectivity index (χ1n) is 11.6. The average molecular weight is 468 g/mol. The Kier molecular flexibility index (Phi) is 6.11. The number of aromatic nitrogens is 1. The summed E-state index contributed by atoms with van der Waals surface area (Å²) in [5.74, 6) is 2.86. The van der Waals surface area contributed by atoms with E-state index in [1.807, 2.05) is 49.4 Å². The van der Waals surface area contributed by atoms with Crippen molar-refractivity contribution in [1.29, 1.82) is 5.26 Å². The molecule has 0 bridgehead atoms. The molecule has 1 atom stereocenters. The molecule has 5 rings (SSSR count). The van der Waals surface area contributed by atoms with Crippen LogP contribution in [-0.4, -0.2) is 17.5 Å². The van der Waals surface area contributed by atoms with Gasteiger partial charge in [0.1, 0.15) is 28.8 Å². The molecule has 4 aromatic rings. The lowest BCUT2D eigenvalue weighted by atomic mass is 10.1. The number of benzene rings is 3. The number of carbonyl (C=O) groups is 1. The van der Waals surface area contributed by atoms with Crippen molar-refractivity contribution in [3.63, 3.8) is 0 Å². The molecule has 1 fully saturated rings. The van der Waals surface area contributed by atoms with Crippen molar-refractivity contribution in [3.8, 4) is 34.8 Å². The van der Waals surface area contributed by atoms with Gasteiger partial charge in [-0.15, -0.1) is 0 Å². The van der Waals surface area contributed by atoms with Crippen LogP contribution in [0.15, 0.2) is 65.1 Å². The third-order valence-electron chi connectivity index (χ3n) is 5.90. The summed E-state index contributed by atoms with van der Waals surface area (Å²) in [4.78, 5) is 15.9. The van der Waals surface area contributed by atoms with Crippen molar-refractivity contribution in [2.75, 3.05) is 6.61 Å². The molecule has 3 aromatic carbocycles. The van der Waals surface area contributed by atoms with Crippen molar-refractivity contribution in [2.24, 2.45) is 5.92 Å². The summed E-state index contributed by atoms with van der Waals surface area (Å²) in [6.07, 6.45) is 2.47. The highest BCUT2D eigenvalue weighted by molar-refractivity contribution is 5.79. The van der Waals surface area contributed by atoms with Gasteiger partial charge in [0, 0.05) is 13.0 Å². The molecule has 0 saturated heterocycles. The van der Waals surface area contributed by atoms with Gasteiger partial charge in [-0.25, -0.2) is 4.98 Å². The lowest BCUT2D eigenvalue weighted by Gasteiger charge is -2.12. The molecule has 7 heteroatoms. The van der Waals surface area contributed by atoms with Crippen LogP contribution in [0.2, 0.25) is 0 Å². The Bertz CT molecular complexity index is 1430. The lowest BCUT2D eigenvalue weighted by Crippen LogP contribution is -2.23. The zero-order chi connectivity index (χ0) is 24.4. The number of oxazole rings is 1. The highest BCUT2D eigenvalue weighted by Crippen LogP contribution is 2.33. The van der Waals surface area contributed by atoms with E-state index in [1.165, 1.54) is 19.8 Å². The maximum absolute atomic E-state index is 11.4. The molecule has 1 saturated carbocycles. The van der Waals surface area contributed by atoms with E-state index in [4.69, 9.17) is 13.9 Å². The summed E-state index contributed by atoms with van der Waals surface area (Å²) in [5.41, 5.74) is 3.13. The van der Waals surface area contributed by atoms with Crippen LogP contribution in [0.4, 0.5) is 0 Å². The van der Waals surface area contributed by atoms with E-state index in [0.717, 1.165) is 17.9 Å². The molecular weight excluding hydrogens is 442 g/mol. The number of amides is 1. The van der Waals surface area contributed by atoms with Gasteiger partial charge in [-0.05, 0) is 73.7 Å². The second kappa shape index (κ2) is 9.51. The van der Waals surface area contributed by atoms with Crippen molar-refractivity contribution in [1.82, 2.24) is 10.3 Å². The van der Waals surface area contributed by atoms with E-state index in [2.05, 4.69) is 16.4 Å². The van der Waals surface area contributed by atoms with Gasteiger partial charge in [-0.2, -0.15) is 5.26 Å². The fourth-order valence-corrected chi connectivity index (χ4v) is 3.84. The first-order valence-corrected chi connectivity index (χ1v) is 11.6. The van der Waals surface area contributed by atoms with Crippen LogP contribution in [0.25, 0.3) is 22.6 Å². The van der Waals surface area contributed by atoms with E-state index >= 15 is 0 Å². The Labute approximate surface area is 203 Å². The predicted octanol–water partition coefficient (Wildman–Crippen LogP) is 6.14. The molecule has 176 valence electrons. The zero-order valence-electron chi connectivity index (χ0n) is 19.6. The number of hydrogen-bond acceptors (Lipinski definition) is 6. The number of rotatable bonds is 8. The Morgan fingerprint density at radius 3 is 2.71 bits per heavy atom. The summed E-state index contributed by atoms with van der Waals surface area (Å²) in [6.45, 7) is 4.12. The fourth-order valence-electron chi connectivity index (χ4n) is 3.84. The summed E-state index contributed by atoms with van der Waals surface area (Å²) in [6, 6.07) is 20.4. The van der Waals surface area contributed by atoms with Crippen LogP contribution in [0, 0.1) is 17.2 Å². The van der Waals surface area contributed by atoms with Crippen molar-refractivity contribution in [2.45, 2.75) is 32.7 Å². The highest BCUT2D eigenvalue weighted by Gasteiger charge is 2.22. The minimum atomic E-state index is -0.158. The summed E-state index contributed by atoms with van der Waals surface area (Å²) >= 11 is 0. The molecular formula is C28H25N3O4. The molecule has 1 aliphatic rings. The monoisotopic (exact) mass is 467 g/mol. The Morgan fingerprint density at radius 2 is 1.94 bits per heavy atom. The number of nitrogens with zero attached hydrogens (tertiary/aromatic N) is 2. The lowest BCUT2D eigenvalue weighted by molar-refractivity contribution is -0.119. The SMILES string of the molecule is CC(=O)NC(C)c1ccc2nc(-c3ccc(Oc4cccc(OCC5CC5)c4)cc3C#N)oc2c1. The van der Waals surface area contributed by atoms with Gasteiger partial charge in [0.15, 0.2) is 5.58 Å². The minimum Gasteiger partial charge on any atom is -0.493 e. The van der Waals surface area contributed by atoms with Crippen LogP contribution in [0.1, 0.15) is 43.9 Å². The van der Waals surface area contributed by atoms with Crippen molar-refractivity contribution < 1.29 is 18.7 Å². The Balaban J connectivity index is 1.37. The van der Waals surface area contributed by atoms with E-state index < -0.39 is 0 Å². The number of nitrogens with one attached hydrogen (secondary N) is 1. The third kappa shape index (κ3) is 5.28. The van der Waals surface area contributed by atoms with Gasteiger partial charge in [-0.3, -0.25) is 4.79 Å². The van der Waals surface area contributed by atoms with E-state index in [9.17, 15) is 10.1 Å². The third-order valence-corrected chi connectivity index (χ3v) is 5.90. The van der Waals surface area contributed by atoms with Crippen molar-refractivity contribution in [3.05, 3.63) is 71.8 Å². The topological polar surface area (TPSA) is 97.4 Å². The Morgan fingerprint density at radius 1 is 1.14 bits per heavy atom. The van der Waals surface area contributed by atoms with Crippen LogP contribution in [0.3, 0.4) is 0 Å². The minimum absolute atomic E-state index is 0.102. The summed E-state index contributed by atoms with van der Waals surface area (Å²) in [5, 5.41) is 12.6. The van der Waals surface area contributed by atoms with E-state index in [1.54, 1.807) is 18.2 Å². The number of fused-ring (bicyclic) bond motifs is 1. The van der Waals surface area contributed by atoms with Crippen LogP contribution < -0.4 is 14.8 Å². The zero-order valence-corrected chi connectivity index (χ0v) is 19.6. The van der Waals surface area contributed by atoms with E-state index in [0.29, 0.717) is 45.5 Å². The highest BCUT2D eigenvalue weighted by atomic mass is 16.5. The molecule has 7 nitrogen and oxygen atoms in total. The summed E-state index contributed by atoms with van der Waals surface area (Å²) < 4.78 is 17.8. The van der Waals surface area contributed by atoms with Crippen molar-refractivity contribution >= 4 is 17.0 Å². The molecule has 0 radical (unpaired) electrons. The molecule has 35 heavy (non-hydrogen) atoms. The molecule has 0 aliphatic heterocycles. The number of carbonyl (C=O) groups excluding carboxylic acids is 1. The molecule has 1 unspecified atom stereocenters. The van der Waals surface area contributed by atoms with Crippen LogP contribution >= 0.6 is 0 Å². The molecule has 0 spiro atoms. The normalized spacial score (nSPS) is 13.7. The molecule has 1 amide bonds. The second-order valence-electron chi connectivity index (χ2n) is 8.82. The fraction of sp³-hybridized carbons (Fsp3) is 0.250. The standard InChI is InChI=1S/C28H25N3O4/c1-17(30-18(2)32)20-8-11-26-27(13-20)35-28(31-26)25-10-9-24(12-21(25)15-29)34-23-5-3-4-22(14-23)33-16-19-6-7-19/h3-5,8-14,17,19H,6-7,16H2,1-2H3,(H,30,32). The molecule has 1 heterocycles. The quantitative estimate of drug-likeness (QED) is 0.334. The van der Waals surface area contributed by atoms with E-state index in [-0.39, 0.29) is 11.9 Å². The average Bonchev–Trinajstić information content (AvgIpc) is 3.58. The number of nitriles is 1. The second-order valence-corrected chi connectivity index (χ2v) is 8.82. The first kappa shape index (κ1) is 22.5. The molecule has 1 N–H and O–H groups in total. The van der Waals surface area contributed by atoms with Gasteiger partial charge in [-0.1, -0.05) is 12.1 Å². The van der Waals surface area contributed by atoms with Gasteiger partial charge < -0.3 is 19.2 Å². The maximum atomic E-state index is 11.4.